The molecule has 0 aromatic rings. The molecule has 0 atom stereocenters. The monoisotopic (exact) mass is 187 g/mol. The Hall–Kier alpha value is -0.570. The molecule has 78 valence electrons. The molecule has 0 heterocycles. The van der Waals surface area contributed by atoms with Crippen molar-refractivity contribution in [2.75, 3.05) is 6.61 Å². The molecular weight excluding hydrogens is 166 g/mol. The topological polar surface area (TPSA) is 52.3 Å². The van der Waals surface area contributed by atoms with E-state index < -0.39 is 0 Å². The van der Waals surface area contributed by atoms with Crippen molar-refractivity contribution in [3.05, 3.63) is 0 Å². The first-order valence-electron chi connectivity index (χ1n) is 4.76. The third-order valence-electron chi connectivity index (χ3n) is 1.55. The Labute approximate surface area is 80.6 Å². The van der Waals surface area contributed by atoms with E-state index >= 15 is 0 Å². The zero-order valence-electron chi connectivity index (χ0n) is 9.09. The average molecular weight is 187 g/mol. The summed E-state index contributed by atoms with van der Waals surface area (Å²) in [5.74, 6) is 0.252. The van der Waals surface area contributed by atoms with Crippen LogP contribution in [0.2, 0.25) is 0 Å². The Morgan fingerprint density at radius 2 is 2.00 bits per heavy atom. The number of carbonyl (C=O) groups is 1. The van der Waals surface area contributed by atoms with Gasteiger partial charge in [0, 0.05) is 12.0 Å². The molecular formula is C10H21NO2. The highest BCUT2D eigenvalue weighted by Gasteiger charge is 2.13. The van der Waals surface area contributed by atoms with Crippen molar-refractivity contribution >= 4 is 5.97 Å². The number of hydrogen-bond acceptors (Lipinski definition) is 3. The van der Waals surface area contributed by atoms with Gasteiger partial charge in [-0.2, -0.15) is 0 Å². The van der Waals surface area contributed by atoms with Crippen molar-refractivity contribution in [3.8, 4) is 0 Å². The van der Waals surface area contributed by atoms with Crippen LogP contribution in [0.4, 0.5) is 0 Å². The van der Waals surface area contributed by atoms with Crippen LogP contribution in [0.15, 0.2) is 0 Å². The van der Waals surface area contributed by atoms with Gasteiger partial charge in [0.15, 0.2) is 0 Å². The van der Waals surface area contributed by atoms with Crippen LogP contribution >= 0.6 is 0 Å². The van der Waals surface area contributed by atoms with Gasteiger partial charge in [0.2, 0.25) is 0 Å². The second-order valence-corrected chi connectivity index (χ2v) is 4.57. The molecule has 0 aromatic heterocycles. The predicted octanol–water partition coefficient (Wildman–Crippen LogP) is 1.70. The normalized spacial score (nSPS) is 11.8. The van der Waals surface area contributed by atoms with Gasteiger partial charge >= 0.3 is 5.97 Å². The summed E-state index contributed by atoms with van der Waals surface area (Å²) in [7, 11) is 0. The number of esters is 1. The van der Waals surface area contributed by atoms with Crippen molar-refractivity contribution in [2.24, 2.45) is 11.7 Å². The molecule has 0 unspecified atom stereocenters. The van der Waals surface area contributed by atoms with E-state index in [2.05, 4.69) is 0 Å². The average Bonchev–Trinajstić information content (AvgIpc) is 1.95. The lowest BCUT2D eigenvalue weighted by Crippen LogP contribution is -2.32. The van der Waals surface area contributed by atoms with Crippen LogP contribution in [0, 0.1) is 5.92 Å². The number of rotatable bonds is 5. The molecule has 0 radical (unpaired) electrons. The van der Waals surface area contributed by atoms with Gasteiger partial charge < -0.3 is 10.5 Å². The molecule has 0 rings (SSSR count). The summed E-state index contributed by atoms with van der Waals surface area (Å²) in [6.07, 6.45) is 1.08. The summed E-state index contributed by atoms with van der Waals surface area (Å²) < 4.78 is 5.00. The first-order chi connectivity index (χ1) is 5.81. The lowest BCUT2D eigenvalue weighted by atomic mass is 10.0. The van der Waals surface area contributed by atoms with Crippen LogP contribution in [0.3, 0.4) is 0 Å². The van der Waals surface area contributed by atoms with Crippen LogP contribution in [0.1, 0.15) is 40.5 Å². The number of hydrogen-bond donors (Lipinski definition) is 1. The van der Waals surface area contributed by atoms with Gasteiger partial charge in [0.25, 0.3) is 0 Å². The second-order valence-electron chi connectivity index (χ2n) is 4.57. The van der Waals surface area contributed by atoms with Crippen molar-refractivity contribution in [2.45, 2.75) is 46.1 Å². The van der Waals surface area contributed by atoms with Gasteiger partial charge in [-0.15, -0.1) is 0 Å². The van der Waals surface area contributed by atoms with Gasteiger partial charge in [-0.3, -0.25) is 4.79 Å². The Morgan fingerprint density at radius 1 is 1.46 bits per heavy atom. The van der Waals surface area contributed by atoms with Crippen molar-refractivity contribution in [3.63, 3.8) is 0 Å². The van der Waals surface area contributed by atoms with Gasteiger partial charge in [0.1, 0.15) is 0 Å². The Morgan fingerprint density at radius 3 is 2.38 bits per heavy atom. The molecule has 3 nitrogen and oxygen atoms in total. The zero-order chi connectivity index (χ0) is 10.5. The maximum Gasteiger partial charge on any atom is 0.305 e. The van der Waals surface area contributed by atoms with E-state index in [9.17, 15) is 4.79 Å². The van der Waals surface area contributed by atoms with E-state index in [0.29, 0.717) is 25.4 Å². The van der Waals surface area contributed by atoms with E-state index in [4.69, 9.17) is 10.5 Å². The molecule has 0 aromatic carbocycles. The summed E-state index contributed by atoms with van der Waals surface area (Å²) in [6, 6.07) is 0. The van der Waals surface area contributed by atoms with Gasteiger partial charge in [0.05, 0.1) is 6.61 Å². The van der Waals surface area contributed by atoms with Crippen LogP contribution in [-0.2, 0) is 9.53 Å². The summed E-state index contributed by atoms with van der Waals surface area (Å²) in [5.41, 5.74) is 5.45. The molecule has 3 heteroatoms. The first kappa shape index (κ1) is 12.4. The predicted molar refractivity (Wildman–Crippen MR) is 53.3 cm³/mol. The first-order valence-corrected chi connectivity index (χ1v) is 4.76. The summed E-state index contributed by atoms with van der Waals surface area (Å²) in [6.45, 7) is 8.34. The van der Waals surface area contributed by atoms with Gasteiger partial charge in [-0.05, 0) is 26.2 Å². The molecule has 0 saturated carbocycles. The van der Waals surface area contributed by atoms with Crippen LogP contribution in [0.5, 0.6) is 0 Å². The quantitative estimate of drug-likeness (QED) is 0.666. The maximum absolute atomic E-state index is 11.1. The molecule has 13 heavy (non-hydrogen) atoms. The second kappa shape index (κ2) is 5.22. The van der Waals surface area contributed by atoms with Crippen LogP contribution in [-0.4, -0.2) is 18.1 Å². The molecule has 0 spiro atoms. The Kier molecular flexibility index (Phi) is 4.99. The highest BCUT2D eigenvalue weighted by Crippen LogP contribution is 2.08. The standard InChI is InChI=1S/C10H21NO2/c1-8(2)7-13-9(12)5-6-10(3,4)11/h8H,5-7,11H2,1-4H3. The molecule has 0 amide bonds. The number of nitrogens with two attached hydrogens (primary N) is 1. The fourth-order valence-corrected chi connectivity index (χ4v) is 0.756. The van der Waals surface area contributed by atoms with Crippen molar-refractivity contribution in [1.29, 1.82) is 0 Å². The third-order valence-corrected chi connectivity index (χ3v) is 1.55. The third kappa shape index (κ3) is 9.34. The van der Waals surface area contributed by atoms with Crippen molar-refractivity contribution < 1.29 is 9.53 Å². The number of ether oxygens (including phenoxy) is 1. The van der Waals surface area contributed by atoms with Crippen LogP contribution in [0.25, 0.3) is 0 Å². The van der Waals surface area contributed by atoms with E-state index in [-0.39, 0.29) is 11.5 Å². The van der Waals surface area contributed by atoms with E-state index in [0.717, 1.165) is 0 Å². The summed E-state index contributed by atoms with van der Waals surface area (Å²) >= 11 is 0. The molecule has 0 saturated heterocycles. The molecule has 0 fully saturated rings. The van der Waals surface area contributed by atoms with Crippen molar-refractivity contribution in [1.82, 2.24) is 0 Å². The molecule has 0 aliphatic carbocycles. The van der Waals surface area contributed by atoms with E-state index in [1.54, 1.807) is 0 Å². The number of carbonyl (C=O) groups excluding carboxylic acids is 1. The molecule has 2 N–H and O–H groups in total. The van der Waals surface area contributed by atoms with E-state index in [1.165, 1.54) is 0 Å². The Bertz CT molecular complexity index is 159. The summed E-state index contributed by atoms with van der Waals surface area (Å²) in [4.78, 5) is 11.1. The molecule has 0 bridgehead atoms. The lowest BCUT2D eigenvalue weighted by Gasteiger charge is -2.17. The Balaban J connectivity index is 3.53. The minimum Gasteiger partial charge on any atom is -0.465 e. The maximum atomic E-state index is 11.1. The zero-order valence-corrected chi connectivity index (χ0v) is 9.09. The largest absolute Gasteiger partial charge is 0.465 e. The van der Waals surface area contributed by atoms with Crippen LogP contribution < -0.4 is 5.73 Å². The van der Waals surface area contributed by atoms with Gasteiger partial charge in [-0.25, -0.2) is 0 Å². The smallest absolute Gasteiger partial charge is 0.305 e. The fraction of sp³-hybridized carbons (Fsp3) is 0.900. The SMILES string of the molecule is CC(C)COC(=O)CCC(C)(C)N. The van der Waals surface area contributed by atoms with E-state index in [1.807, 2.05) is 27.7 Å². The molecule has 0 aliphatic heterocycles. The molecule has 0 aliphatic rings. The fourth-order valence-electron chi connectivity index (χ4n) is 0.756. The van der Waals surface area contributed by atoms with Gasteiger partial charge in [-0.1, -0.05) is 13.8 Å². The highest BCUT2D eigenvalue weighted by atomic mass is 16.5. The minimum absolute atomic E-state index is 0.146. The highest BCUT2D eigenvalue weighted by molar-refractivity contribution is 5.69. The summed E-state index contributed by atoms with van der Waals surface area (Å²) in [5, 5.41) is 0. The lowest BCUT2D eigenvalue weighted by molar-refractivity contribution is -0.145. The minimum atomic E-state index is -0.281.